The van der Waals surface area contributed by atoms with Crippen LogP contribution in [-0.4, -0.2) is 42.8 Å². The Hall–Kier alpha value is -0.970. The second kappa shape index (κ2) is 9.86. The van der Waals surface area contributed by atoms with Crippen molar-refractivity contribution in [2.45, 2.75) is 32.7 Å². The van der Waals surface area contributed by atoms with Gasteiger partial charge < -0.3 is 15.3 Å². The van der Waals surface area contributed by atoms with E-state index in [9.17, 15) is 4.39 Å². The van der Waals surface area contributed by atoms with Crippen molar-refractivity contribution in [3.63, 3.8) is 0 Å². The summed E-state index contributed by atoms with van der Waals surface area (Å²) in [5, 5.41) is 12.3. The molecule has 114 valence electrons. The molecule has 0 amide bonds. The highest BCUT2D eigenvalue weighted by Crippen LogP contribution is 2.18. The lowest BCUT2D eigenvalue weighted by atomic mass is 10.0. The molecule has 0 saturated heterocycles. The summed E-state index contributed by atoms with van der Waals surface area (Å²) in [6, 6.07) is 7.00. The fourth-order valence-electron chi connectivity index (χ4n) is 2.39. The van der Waals surface area contributed by atoms with Crippen LogP contribution in [0.2, 0.25) is 0 Å². The van der Waals surface area contributed by atoms with Crippen molar-refractivity contribution in [1.82, 2.24) is 10.2 Å². The Bertz CT molecular complexity index is 373. The van der Waals surface area contributed by atoms with E-state index in [0.29, 0.717) is 0 Å². The summed E-state index contributed by atoms with van der Waals surface area (Å²) in [4.78, 5) is 2.32. The average Bonchev–Trinajstić information content (AvgIpc) is 2.46. The highest BCUT2D eigenvalue weighted by atomic mass is 19.1. The Balaban J connectivity index is 2.58. The fourth-order valence-corrected chi connectivity index (χ4v) is 2.39. The van der Waals surface area contributed by atoms with Gasteiger partial charge in [-0.25, -0.2) is 4.39 Å². The zero-order chi connectivity index (χ0) is 14.8. The quantitative estimate of drug-likeness (QED) is 0.692. The molecule has 0 spiro atoms. The largest absolute Gasteiger partial charge is 0.396 e. The molecule has 1 aromatic carbocycles. The minimum Gasteiger partial charge on any atom is -0.396 e. The summed E-state index contributed by atoms with van der Waals surface area (Å²) in [5.74, 6) is -0.182. The number of hydrogen-bond acceptors (Lipinski definition) is 3. The number of rotatable bonds is 10. The number of halogens is 1. The van der Waals surface area contributed by atoms with Gasteiger partial charge in [0.2, 0.25) is 0 Å². The fraction of sp³-hybridized carbons (Fsp3) is 0.625. The monoisotopic (exact) mass is 282 g/mol. The Morgan fingerprint density at radius 1 is 1.30 bits per heavy atom. The molecule has 0 fully saturated rings. The van der Waals surface area contributed by atoms with Crippen molar-refractivity contribution in [2.24, 2.45) is 0 Å². The summed E-state index contributed by atoms with van der Waals surface area (Å²) in [5.41, 5.74) is 1.00. The maximum absolute atomic E-state index is 13.3. The number of hydrogen-bond donors (Lipinski definition) is 2. The molecule has 0 aliphatic carbocycles. The highest BCUT2D eigenvalue weighted by molar-refractivity contribution is 5.20. The third kappa shape index (κ3) is 5.99. The Morgan fingerprint density at radius 2 is 2.10 bits per heavy atom. The summed E-state index contributed by atoms with van der Waals surface area (Å²) in [7, 11) is 0. The van der Waals surface area contributed by atoms with Crippen LogP contribution in [-0.2, 0) is 0 Å². The molecule has 1 atom stereocenters. The van der Waals surface area contributed by atoms with Crippen LogP contribution in [0.3, 0.4) is 0 Å². The number of aliphatic hydroxyl groups is 1. The predicted octanol–water partition coefficient (Wildman–Crippen LogP) is 2.57. The number of nitrogens with one attached hydrogen (secondary N) is 1. The smallest absolute Gasteiger partial charge is 0.123 e. The maximum atomic E-state index is 13.3. The van der Waals surface area contributed by atoms with Crippen molar-refractivity contribution < 1.29 is 9.50 Å². The third-order valence-electron chi connectivity index (χ3n) is 3.52. The molecule has 3 nitrogen and oxygen atoms in total. The predicted molar refractivity (Wildman–Crippen MR) is 81.3 cm³/mol. The van der Waals surface area contributed by atoms with Gasteiger partial charge in [-0.05, 0) is 50.2 Å². The van der Waals surface area contributed by atoms with Gasteiger partial charge in [-0.2, -0.15) is 0 Å². The van der Waals surface area contributed by atoms with E-state index in [1.807, 2.05) is 6.07 Å². The molecule has 1 aromatic rings. The Kier molecular flexibility index (Phi) is 8.42. The van der Waals surface area contributed by atoms with Gasteiger partial charge in [0.05, 0.1) is 0 Å². The van der Waals surface area contributed by atoms with Crippen LogP contribution >= 0.6 is 0 Å². The highest BCUT2D eigenvalue weighted by Gasteiger charge is 2.12. The molecule has 20 heavy (non-hydrogen) atoms. The van der Waals surface area contributed by atoms with Gasteiger partial charge in [0.25, 0.3) is 0 Å². The molecule has 0 heterocycles. The summed E-state index contributed by atoms with van der Waals surface area (Å²) < 4.78 is 13.3. The zero-order valence-electron chi connectivity index (χ0n) is 12.6. The molecule has 4 heteroatoms. The average molecular weight is 282 g/mol. The van der Waals surface area contributed by atoms with E-state index in [2.05, 4.69) is 24.1 Å². The van der Waals surface area contributed by atoms with E-state index < -0.39 is 0 Å². The van der Waals surface area contributed by atoms with Crippen molar-refractivity contribution >= 4 is 0 Å². The number of benzene rings is 1. The van der Waals surface area contributed by atoms with Gasteiger partial charge in [0.1, 0.15) is 5.82 Å². The van der Waals surface area contributed by atoms with E-state index in [0.717, 1.165) is 44.6 Å². The lowest BCUT2D eigenvalue weighted by molar-refractivity contribution is 0.223. The van der Waals surface area contributed by atoms with Gasteiger partial charge in [0.15, 0.2) is 0 Å². The number of aliphatic hydroxyl groups excluding tert-OH is 1. The van der Waals surface area contributed by atoms with Gasteiger partial charge in [-0.3, -0.25) is 0 Å². The van der Waals surface area contributed by atoms with Crippen molar-refractivity contribution in [1.29, 1.82) is 0 Å². The molecule has 0 radical (unpaired) electrons. The van der Waals surface area contributed by atoms with E-state index >= 15 is 0 Å². The minimum atomic E-state index is -0.182. The Morgan fingerprint density at radius 3 is 2.70 bits per heavy atom. The van der Waals surface area contributed by atoms with E-state index in [1.54, 1.807) is 12.1 Å². The Labute approximate surface area is 121 Å². The zero-order valence-corrected chi connectivity index (χ0v) is 12.6. The first-order chi connectivity index (χ1) is 9.71. The molecule has 1 rings (SSSR count). The molecular weight excluding hydrogens is 255 g/mol. The van der Waals surface area contributed by atoms with Crippen LogP contribution in [0.15, 0.2) is 24.3 Å². The third-order valence-corrected chi connectivity index (χ3v) is 3.52. The molecule has 0 aliphatic heterocycles. The van der Waals surface area contributed by atoms with Crippen molar-refractivity contribution in [3.8, 4) is 0 Å². The van der Waals surface area contributed by atoms with Gasteiger partial charge in [-0.1, -0.05) is 26.0 Å². The second-order valence-corrected chi connectivity index (χ2v) is 4.97. The lowest BCUT2D eigenvalue weighted by Gasteiger charge is -2.24. The van der Waals surface area contributed by atoms with Crippen LogP contribution in [0, 0.1) is 5.82 Å². The minimum absolute atomic E-state index is 0.180. The lowest BCUT2D eigenvalue weighted by Crippen LogP contribution is -2.30. The molecule has 2 N–H and O–H groups in total. The van der Waals surface area contributed by atoms with Crippen LogP contribution < -0.4 is 5.32 Å². The van der Waals surface area contributed by atoms with Gasteiger partial charge >= 0.3 is 0 Å². The maximum Gasteiger partial charge on any atom is 0.123 e. The van der Waals surface area contributed by atoms with Crippen LogP contribution in [0.25, 0.3) is 0 Å². The standard InChI is InChI=1S/C16H27FN2O/c1-3-18-16(14-7-5-8-15(17)13-14)9-11-19(4-2)10-6-12-20/h5,7-8,13,16,18,20H,3-4,6,9-12H2,1-2H3. The van der Waals surface area contributed by atoms with Crippen LogP contribution in [0.1, 0.15) is 38.3 Å². The number of nitrogens with zero attached hydrogens (tertiary/aromatic N) is 1. The van der Waals surface area contributed by atoms with Crippen LogP contribution in [0.5, 0.6) is 0 Å². The normalized spacial score (nSPS) is 12.8. The molecular formula is C16H27FN2O. The first-order valence-corrected chi connectivity index (χ1v) is 7.53. The first kappa shape index (κ1) is 17.1. The summed E-state index contributed by atoms with van der Waals surface area (Å²) >= 11 is 0. The van der Waals surface area contributed by atoms with Gasteiger partial charge in [0, 0.05) is 19.2 Å². The molecule has 0 aromatic heterocycles. The van der Waals surface area contributed by atoms with Crippen molar-refractivity contribution in [3.05, 3.63) is 35.6 Å². The first-order valence-electron chi connectivity index (χ1n) is 7.53. The van der Waals surface area contributed by atoms with E-state index in [4.69, 9.17) is 5.11 Å². The molecule has 0 aliphatic rings. The van der Waals surface area contributed by atoms with Gasteiger partial charge in [-0.15, -0.1) is 0 Å². The SMILES string of the molecule is CCNC(CCN(CC)CCCO)c1cccc(F)c1. The summed E-state index contributed by atoms with van der Waals surface area (Å²) in [6.45, 7) is 8.13. The molecule has 0 bridgehead atoms. The van der Waals surface area contributed by atoms with E-state index in [-0.39, 0.29) is 18.5 Å². The molecule has 0 saturated carbocycles. The molecule has 1 unspecified atom stereocenters. The van der Waals surface area contributed by atoms with E-state index in [1.165, 1.54) is 6.07 Å². The van der Waals surface area contributed by atoms with Crippen LogP contribution in [0.4, 0.5) is 4.39 Å². The summed E-state index contributed by atoms with van der Waals surface area (Å²) in [6.07, 6.45) is 1.75. The van der Waals surface area contributed by atoms with Crippen molar-refractivity contribution in [2.75, 3.05) is 32.8 Å². The topological polar surface area (TPSA) is 35.5 Å². The second-order valence-electron chi connectivity index (χ2n) is 4.97.